The zero-order chi connectivity index (χ0) is 16.4. The Kier molecular flexibility index (Phi) is 4.43. The minimum absolute atomic E-state index is 0.316. The van der Waals surface area contributed by atoms with Gasteiger partial charge in [0, 0.05) is 0 Å². The fourth-order valence-electron chi connectivity index (χ4n) is 1.74. The topological polar surface area (TPSA) is 86.7 Å². The van der Waals surface area contributed by atoms with Crippen molar-refractivity contribution in [2.24, 2.45) is 0 Å². The highest BCUT2D eigenvalue weighted by atomic mass is 33.2. The maximum Gasteiger partial charge on any atom is 0.286 e. The van der Waals surface area contributed by atoms with Crippen molar-refractivity contribution in [1.29, 1.82) is 0 Å². The van der Waals surface area contributed by atoms with Crippen molar-refractivity contribution in [3.05, 3.63) is 48.5 Å². The predicted molar refractivity (Wildman–Crippen MR) is 80.4 cm³/mol. The summed E-state index contributed by atoms with van der Waals surface area (Å²) in [5.74, 6) is 0.863. The summed E-state index contributed by atoms with van der Waals surface area (Å²) in [5.41, 5.74) is 0. The quantitative estimate of drug-likeness (QED) is 0.771. The second kappa shape index (κ2) is 5.98. The van der Waals surface area contributed by atoms with Crippen LogP contribution >= 0.6 is 0 Å². The van der Waals surface area contributed by atoms with Gasteiger partial charge in [0.15, 0.2) is 0 Å². The normalized spacial score (nSPS) is 11.9. The summed E-state index contributed by atoms with van der Waals surface area (Å²) in [6, 6.07) is 10.3. The molecule has 0 unspecified atom stereocenters. The third kappa shape index (κ3) is 2.79. The van der Waals surface area contributed by atoms with Gasteiger partial charge in [-0.05, 0) is 48.5 Å². The molecule has 22 heavy (non-hydrogen) atoms. The fourth-order valence-corrected chi connectivity index (χ4v) is 5.37. The van der Waals surface area contributed by atoms with Gasteiger partial charge in [-0.25, -0.2) is 16.8 Å². The van der Waals surface area contributed by atoms with Crippen LogP contribution in [0.5, 0.6) is 11.5 Å². The van der Waals surface area contributed by atoms with Crippen LogP contribution in [0.3, 0.4) is 0 Å². The molecule has 0 N–H and O–H groups in total. The van der Waals surface area contributed by atoms with E-state index in [0.29, 0.717) is 11.5 Å². The maximum atomic E-state index is 12.3. The highest BCUT2D eigenvalue weighted by Gasteiger charge is 2.33. The van der Waals surface area contributed by atoms with Gasteiger partial charge < -0.3 is 9.47 Å². The standard InChI is InChI=1S/C14H14O6S2/c1-19-11-3-7-13(8-4-11)21(15,16)22(17,18)14-9-5-12(20-2)6-10-14/h3-10H,1-2H3. The largest absolute Gasteiger partial charge is 0.497 e. The molecule has 118 valence electrons. The molecule has 0 saturated heterocycles. The molecule has 0 radical (unpaired) electrons. The van der Waals surface area contributed by atoms with Gasteiger partial charge in [-0.3, -0.25) is 0 Å². The van der Waals surface area contributed by atoms with Gasteiger partial charge in [-0.1, -0.05) is 0 Å². The minimum atomic E-state index is -4.56. The number of hydrogen-bond acceptors (Lipinski definition) is 6. The van der Waals surface area contributed by atoms with E-state index in [2.05, 4.69) is 0 Å². The van der Waals surface area contributed by atoms with Crippen LogP contribution in [0.2, 0.25) is 0 Å². The summed E-state index contributed by atoms with van der Waals surface area (Å²) in [5, 5.41) is 0. The van der Waals surface area contributed by atoms with Crippen LogP contribution in [0.1, 0.15) is 0 Å². The van der Waals surface area contributed by atoms with E-state index >= 15 is 0 Å². The summed E-state index contributed by atoms with van der Waals surface area (Å²) in [4.78, 5) is -0.631. The molecular formula is C14H14O6S2. The van der Waals surface area contributed by atoms with E-state index in [1.807, 2.05) is 0 Å². The molecule has 0 aliphatic heterocycles. The zero-order valence-electron chi connectivity index (χ0n) is 11.9. The molecule has 0 aliphatic rings. The monoisotopic (exact) mass is 342 g/mol. The highest BCUT2D eigenvalue weighted by Crippen LogP contribution is 2.27. The van der Waals surface area contributed by atoms with Crippen LogP contribution in [0.25, 0.3) is 0 Å². The van der Waals surface area contributed by atoms with Crippen molar-refractivity contribution in [3.8, 4) is 11.5 Å². The highest BCUT2D eigenvalue weighted by molar-refractivity contribution is 8.67. The van der Waals surface area contributed by atoms with E-state index in [4.69, 9.17) is 9.47 Å². The Morgan fingerprint density at radius 1 is 0.591 bits per heavy atom. The van der Waals surface area contributed by atoms with Crippen LogP contribution in [-0.4, -0.2) is 31.1 Å². The summed E-state index contributed by atoms with van der Waals surface area (Å²) >= 11 is 0. The van der Waals surface area contributed by atoms with Gasteiger partial charge in [0.25, 0.3) is 17.7 Å². The lowest BCUT2D eigenvalue weighted by molar-refractivity contribution is 0.414. The van der Waals surface area contributed by atoms with Crippen LogP contribution in [0, 0.1) is 0 Å². The lowest BCUT2D eigenvalue weighted by atomic mass is 10.3. The lowest BCUT2D eigenvalue weighted by Crippen LogP contribution is -2.16. The first-order valence-corrected chi connectivity index (χ1v) is 9.59. The van der Waals surface area contributed by atoms with Crippen LogP contribution < -0.4 is 9.47 Å². The van der Waals surface area contributed by atoms with Gasteiger partial charge in [-0.2, -0.15) is 0 Å². The molecule has 0 saturated carbocycles. The Morgan fingerprint density at radius 2 is 0.864 bits per heavy atom. The van der Waals surface area contributed by atoms with Crippen molar-refractivity contribution in [2.75, 3.05) is 14.2 Å². The van der Waals surface area contributed by atoms with Gasteiger partial charge in [0.05, 0.1) is 24.0 Å². The molecule has 0 bridgehead atoms. The number of methoxy groups -OCH3 is 2. The minimum Gasteiger partial charge on any atom is -0.497 e. The van der Waals surface area contributed by atoms with Crippen LogP contribution in [0.4, 0.5) is 0 Å². The molecule has 2 aromatic carbocycles. The number of benzene rings is 2. The molecule has 0 fully saturated rings. The molecule has 0 atom stereocenters. The first-order chi connectivity index (χ1) is 10.3. The van der Waals surface area contributed by atoms with E-state index < -0.39 is 17.7 Å². The van der Waals surface area contributed by atoms with Crippen molar-refractivity contribution in [3.63, 3.8) is 0 Å². The Morgan fingerprint density at radius 3 is 1.09 bits per heavy atom. The van der Waals surface area contributed by atoms with Gasteiger partial charge in [0.2, 0.25) is 0 Å². The van der Waals surface area contributed by atoms with Crippen LogP contribution in [0.15, 0.2) is 58.3 Å². The Hall–Kier alpha value is -2.06. The number of rotatable bonds is 5. The molecule has 2 aromatic rings. The zero-order valence-corrected chi connectivity index (χ0v) is 13.5. The van der Waals surface area contributed by atoms with Gasteiger partial charge in [-0.15, -0.1) is 0 Å². The molecule has 2 rings (SSSR count). The summed E-state index contributed by atoms with van der Waals surface area (Å²) in [7, 11) is -6.26. The van der Waals surface area contributed by atoms with E-state index in [1.54, 1.807) is 0 Å². The van der Waals surface area contributed by atoms with E-state index in [9.17, 15) is 16.8 Å². The van der Waals surface area contributed by atoms with E-state index in [-0.39, 0.29) is 9.79 Å². The average Bonchev–Trinajstić information content (AvgIpc) is 2.54. The van der Waals surface area contributed by atoms with Crippen molar-refractivity contribution < 1.29 is 26.3 Å². The molecule has 6 nitrogen and oxygen atoms in total. The molecular weight excluding hydrogens is 328 g/mol. The lowest BCUT2D eigenvalue weighted by Gasteiger charge is -2.08. The molecule has 0 aliphatic carbocycles. The van der Waals surface area contributed by atoms with Crippen molar-refractivity contribution in [2.45, 2.75) is 9.79 Å². The first kappa shape index (κ1) is 16.3. The fraction of sp³-hybridized carbons (Fsp3) is 0.143. The number of hydrogen-bond donors (Lipinski definition) is 0. The summed E-state index contributed by atoms with van der Waals surface area (Å²) in [6.45, 7) is 0. The van der Waals surface area contributed by atoms with Crippen molar-refractivity contribution in [1.82, 2.24) is 0 Å². The molecule has 0 amide bonds. The van der Waals surface area contributed by atoms with E-state index in [1.165, 1.54) is 62.8 Å². The molecule has 0 heterocycles. The maximum absolute atomic E-state index is 12.3. The Labute approximate surface area is 128 Å². The second-order valence-electron chi connectivity index (χ2n) is 4.26. The van der Waals surface area contributed by atoms with E-state index in [0.717, 1.165) is 0 Å². The summed E-state index contributed by atoms with van der Waals surface area (Å²) in [6.07, 6.45) is 0. The predicted octanol–water partition coefficient (Wildman–Crippen LogP) is 1.87. The Bertz CT molecular complexity index is 775. The van der Waals surface area contributed by atoms with Gasteiger partial charge >= 0.3 is 0 Å². The van der Waals surface area contributed by atoms with Crippen LogP contribution in [-0.2, 0) is 17.7 Å². The third-order valence-corrected chi connectivity index (χ3v) is 8.15. The average molecular weight is 342 g/mol. The van der Waals surface area contributed by atoms with Gasteiger partial charge in [0.1, 0.15) is 11.5 Å². The number of ether oxygens (including phenoxy) is 2. The molecule has 0 aromatic heterocycles. The second-order valence-corrected chi connectivity index (χ2v) is 9.65. The smallest absolute Gasteiger partial charge is 0.286 e. The SMILES string of the molecule is COc1ccc(S(=O)(=O)S(=O)(=O)c2ccc(OC)cc2)cc1. The first-order valence-electron chi connectivity index (χ1n) is 6.11. The molecule has 8 heteroatoms. The summed E-state index contributed by atoms with van der Waals surface area (Å²) < 4.78 is 59.2. The third-order valence-electron chi connectivity index (χ3n) is 2.99. The van der Waals surface area contributed by atoms with Crippen molar-refractivity contribution >= 4 is 17.7 Å². The molecule has 0 spiro atoms. The Balaban J connectivity index is 2.49.